The first kappa shape index (κ1) is 14.7. The van der Waals surface area contributed by atoms with Crippen molar-refractivity contribution >= 4 is 11.3 Å². The van der Waals surface area contributed by atoms with E-state index >= 15 is 0 Å². The van der Waals surface area contributed by atoms with Gasteiger partial charge in [0.1, 0.15) is 0 Å². The predicted octanol–water partition coefficient (Wildman–Crippen LogP) is 3.77. The highest BCUT2D eigenvalue weighted by Gasteiger charge is 2.25. The van der Waals surface area contributed by atoms with Gasteiger partial charge in [0.15, 0.2) is 0 Å². The first-order chi connectivity index (χ1) is 10.2. The maximum Gasteiger partial charge on any atom is 0.0900 e. The van der Waals surface area contributed by atoms with Crippen LogP contribution in [0.4, 0.5) is 0 Å². The molecule has 2 atom stereocenters. The summed E-state index contributed by atoms with van der Waals surface area (Å²) in [6, 6.07) is 9.07. The van der Waals surface area contributed by atoms with E-state index in [9.17, 15) is 0 Å². The Kier molecular flexibility index (Phi) is 4.38. The van der Waals surface area contributed by atoms with E-state index in [0.717, 1.165) is 17.1 Å². The lowest BCUT2D eigenvalue weighted by Gasteiger charge is -2.28. The molecule has 0 fully saturated rings. The van der Waals surface area contributed by atoms with Gasteiger partial charge in [0.25, 0.3) is 0 Å². The van der Waals surface area contributed by atoms with Gasteiger partial charge in [0.05, 0.1) is 16.7 Å². The fraction of sp³-hybridized carbons (Fsp3) is 0.471. The third kappa shape index (κ3) is 3.03. The molecule has 3 nitrogen and oxygen atoms in total. The van der Waals surface area contributed by atoms with Crippen LogP contribution < -0.4 is 11.3 Å². The van der Waals surface area contributed by atoms with Crippen molar-refractivity contribution in [3.8, 4) is 0 Å². The van der Waals surface area contributed by atoms with Crippen molar-refractivity contribution in [2.45, 2.75) is 51.5 Å². The van der Waals surface area contributed by atoms with Crippen LogP contribution in [0.3, 0.4) is 0 Å². The Bertz CT molecular complexity index is 620. The van der Waals surface area contributed by atoms with Gasteiger partial charge in [-0.15, -0.1) is 11.3 Å². The molecular formula is C17H23N3S. The molecule has 0 saturated heterocycles. The number of nitrogens with one attached hydrogen (secondary N) is 1. The Labute approximate surface area is 130 Å². The Morgan fingerprint density at radius 2 is 2.19 bits per heavy atom. The summed E-state index contributed by atoms with van der Waals surface area (Å²) in [5.41, 5.74) is 7.17. The van der Waals surface area contributed by atoms with Crippen molar-refractivity contribution in [3.05, 3.63) is 51.0 Å². The van der Waals surface area contributed by atoms with E-state index in [1.165, 1.54) is 35.3 Å². The van der Waals surface area contributed by atoms with Crippen molar-refractivity contribution in [2.75, 3.05) is 0 Å². The minimum Gasteiger partial charge on any atom is -0.271 e. The third-order valence-corrected chi connectivity index (χ3v) is 5.66. The average molecular weight is 301 g/mol. The maximum absolute atomic E-state index is 5.85. The summed E-state index contributed by atoms with van der Waals surface area (Å²) in [5, 5.41) is 1.12. The number of fused-ring (bicyclic) bond motifs is 1. The zero-order valence-electron chi connectivity index (χ0n) is 12.7. The zero-order chi connectivity index (χ0) is 14.8. The van der Waals surface area contributed by atoms with E-state index in [1.54, 1.807) is 11.3 Å². The number of nitrogens with zero attached hydrogens (tertiary/aromatic N) is 1. The molecule has 21 heavy (non-hydrogen) atoms. The second kappa shape index (κ2) is 6.26. The van der Waals surface area contributed by atoms with Gasteiger partial charge in [-0.1, -0.05) is 24.3 Å². The Hall–Kier alpha value is -1.23. The molecule has 0 aliphatic heterocycles. The van der Waals surface area contributed by atoms with Gasteiger partial charge in [-0.25, -0.2) is 4.98 Å². The summed E-state index contributed by atoms with van der Waals surface area (Å²) in [5.74, 6) is 6.44. The van der Waals surface area contributed by atoms with Crippen LogP contribution in [-0.4, -0.2) is 4.98 Å². The molecule has 0 bridgehead atoms. The van der Waals surface area contributed by atoms with E-state index in [-0.39, 0.29) is 6.04 Å². The summed E-state index contributed by atoms with van der Waals surface area (Å²) in [4.78, 5) is 5.83. The summed E-state index contributed by atoms with van der Waals surface area (Å²) >= 11 is 1.76. The second-order valence-electron chi connectivity index (χ2n) is 5.93. The van der Waals surface area contributed by atoms with Crippen LogP contribution in [-0.2, 0) is 6.42 Å². The molecule has 0 amide bonds. The van der Waals surface area contributed by atoms with Gasteiger partial charge in [-0.3, -0.25) is 11.3 Å². The molecular weight excluding hydrogens is 278 g/mol. The quantitative estimate of drug-likeness (QED) is 0.667. The number of hydrogen-bond donors (Lipinski definition) is 2. The van der Waals surface area contributed by atoms with Crippen molar-refractivity contribution in [3.63, 3.8) is 0 Å². The minimum atomic E-state index is 0.201. The molecule has 0 spiro atoms. The van der Waals surface area contributed by atoms with Crippen LogP contribution in [0, 0.1) is 13.8 Å². The highest BCUT2D eigenvalue weighted by molar-refractivity contribution is 7.11. The van der Waals surface area contributed by atoms with Gasteiger partial charge in [0.2, 0.25) is 0 Å². The van der Waals surface area contributed by atoms with Crippen molar-refractivity contribution in [2.24, 2.45) is 5.84 Å². The Morgan fingerprint density at radius 1 is 1.38 bits per heavy atom. The molecule has 1 aliphatic rings. The van der Waals surface area contributed by atoms with Crippen LogP contribution in [0.5, 0.6) is 0 Å². The molecule has 1 aromatic carbocycles. The molecule has 0 radical (unpaired) electrons. The largest absolute Gasteiger partial charge is 0.271 e. The molecule has 0 saturated carbocycles. The molecule has 2 aromatic rings. The molecule has 1 aromatic heterocycles. The summed E-state index contributed by atoms with van der Waals surface area (Å²) < 4.78 is 0. The first-order valence-electron chi connectivity index (χ1n) is 7.67. The SMILES string of the molecule is Cc1nc(C)c(C(CC2CCCc3ccccc32)NN)s1. The van der Waals surface area contributed by atoms with Gasteiger partial charge >= 0.3 is 0 Å². The number of hydrogen-bond acceptors (Lipinski definition) is 4. The molecule has 4 heteroatoms. The van der Waals surface area contributed by atoms with Gasteiger partial charge < -0.3 is 0 Å². The van der Waals surface area contributed by atoms with Gasteiger partial charge in [0, 0.05) is 4.88 Å². The lowest BCUT2D eigenvalue weighted by molar-refractivity contribution is 0.428. The number of hydrazine groups is 1. The topological polar surface area (TPSA) is 50.9 Å². The molecule has 1 heterocycles. The van der Waals surface area contributed by atoms with E-state index < -0.39 is 0 Å². The third-order valence-electron chi connectivity index (χ3n) is 4.47. The van der Waals surface area contributed by atoms with Crippen molar-refractivity contribution in [1.82, 2.24) is 10.4 Å². The summed E-state index contributed by atoms with van der Waals surface area (Å²) in [7, 11) is 0. The number of thiazole rings is 1. The maximum atomic E-state index is 5.85. The van der Waals surface area contributed by atoms with E-state index in [2.05, 4.69) is 48.5 Å². The highest BCUT2D eigenvalue weighted by atomic mass is 32.1. The lowest BCUT2D eigenvalue weighted by Crippen LogP contribution is -2.30. The van der Waals surface area contributed by atoms with E-state index in [0.29, 0.717) is 5.92 Å². The fourth-order valence-electron chi connectivity index (χ4n) is 3.51. The van der Waals surface area contributed by atoms with Crippen LogP contribution in [0.25, 0.3) is 0 Å². The first-order valence-corrected chi connectivity index (χ1v) is 8.48. The molecule has 2 unspecified atom stereocenters. The predicted molar refractivity (Wildman–Crippen MR) is 88.4 cm³/mol. The van der Waals surface area contributed by atoms with Crippen molar-refractivity contribution < 1.29 is 0 Å². The van der Waals surface area contributed by atoms with Gasteiger partial charge in [-0.05, 0) is 56.6 Å². The number of nitrogens with two attached hydrogens (primary N) is 1. The number of aryl methyl sites for hydroxylation is 3. The lowest BCUT2D eigenvalue weighted by atomic mass is 9.79. The second-order valence-corrected chi connectivity index (χ2v) is 7.16. The smallest absolute Gasteiger partial charge is 0.0900 e. The Balaban J connectivity index is 1.84. The van der Waals surface area contributed by atoms with Crippen LogP contribution in [0.1, 0.15) is 57.9 Å². The molecule has 1 aliphatic carbocycles. The highest BCUT2D eigenvalue weighted by Crippen LogP contribution is 2.39. The van der Waals surface area contributed by atoms with E-state index in [4.69, 9.17) is 5.84 Å². The number of benzene rings is 1. The van der Waals surface area contributed by atoms with E-state index in [1.807, 2.05) is 0 Å². The molecule has 112 valence electrons. The normalized spacial score (nSPS) is 19.3. The van der Waals surface area contributed by atoms with Crippen LogP contribution >= 0.6 is 11.3 Å². The average Bonchev–Trinajstić information content (AvgIpc) is 2.83. The summed E-state index contributed by atoms with van der Waals surface area (Å²) in [6.45, 7) is 4.14. The zero-order valence-corrected chi connectivity index (χ0v) is 13.5. The Morgan fingerprint density at radius 3 is 2.90 bits per heavy atom. The number of aromatic nitrogens is 1. The summed E-state index contributed by atoms with van der Waals surface area (Å²) in [6.07, 6.45) is 4.80. The van der Waals surface area contributed by atoms with Crippen molar-refractivity contribution in [1.29, 1.82) is 0 Å². The molecule has 3 rings (SSSR count). The van der Waals surface area contributed by atoms with Crippen LogP contribution in [0.2, 0.25) is 0 Å². The molecule has 3 N–H and O–H groups in total. The van der Waals surface area contributed by atoms with Gasteiger partial charge in [-0.2, -0.15) is 0 Å². The van der Waals surface area contributed by atoms with Crippen LogP contribution in [0.15, 0.2) is 24.3 Å². The standard InChI is InChI=1S/C17H23N3S/c1-11-17(21-12(2)19-11)16(20-18)10-14-8-5-7-13-6-3-4-9-15(13)14/h3-4,6,9,14,16,20H,5,7-8,10,18H2,1-2H3. The number of rotatable bonds is 4. The monoisotopic (exact) mass is 301 g/mol. The fourth-order valence-corrected chi connectivity index (χ4v) is 4.51. The minimum absolute atomic E-state index is 0.201.